The zero-order chi connectivity index (χ0) is 18.1. The van der Waals surface area contributed by atoms with Gasteiger partial charge < -0.3 is 20.2 Å². The Hall–Kier alpha value is -2.54. The van der Waals surface area contributed by atoms with Gasteiger partial charge in [-0.1, -0.05) is 19.9 Å². The van der Waals surface area contributed by atoms with Crippen LogP contribution >= 0.6 is 0 Å². The minimum atomic E-state index is -0.250. The Morgan fingerprint density at radius 3 is 2.58 bits per heavy atom. The van der Waals surface area contributed by atoms with Gasteiger partial charge in [-0.2, -0.15) is 0 Å². The van der Waals surface area contributed by atoms with Crippen LogP contribution in [0.15, 0.2) is 36.4 Å². The minimum Gasteiger partial charge on any atom is -0.483 e. The number of aromatic nitrogens is 2. The molecule has 0 spiro atoms. The first-order chi connectivity index (χ1) is 11.5. The summed E-state index contributed by atoms with van der Waals surface area (Å²) in [4.78, 5) is 12.9. The molecule has 2 aromatic rings. The van der Waals surface area contributed by atoms with Crippen LogP contribution in [0.4, 0.5) is 0 Å². The smallest absolute Gasteiger partial charge is 0.290 e. The lowest BCUT2D eigenvalue weighted by atomic mass is 10.2. The monoisotopic (exact) mass is 333 g/mol. The van der Waals surface area contributed by atoms with Crippen molar-refractivity contribution in [2.45, 2.75) is 46.1 Å². The molecule has 0 aliphatic heterocycles. The third-order valence-corrected chi connectivity index (χ3v) is 3.29. The number of pyridine rings is 1. The van der Waals surface area contributed by atoms with Crippen molar-refractivity contribution in [2.24, 2.45) is 11.6 Å². The van der Waals surface area contributed by atoms with Gasteiger partial charge in [-0.15, -0.1) is 0 Å². The van der Waals surface area contributed by atoms with E-state index in [4.69, 9.17) is 21.5 Å². The molecule has 1 aliphatic rings. The van der Waals surface area contributed by atoms with Crippen LogP contribution in [0.1, 0.15) is 50.8 Å². The molecule has 0 aromatic carbocycles. The van der Waals surface area contributed by atoms with Crippen molar-refractivity contribution in [3.8, 4) is 0 Å². The minimum absolute atomic E-state index is 0.250. The second-order valence-electron chi connectivity index (χ2n) is 5.39. The lowest BCUT2D eigenvalue weighted by Crippen LogP contribution is -2.25. The molecule has 7 nitrogen and oxygen atoms in total. The standard InChI is InChI=1S/C14H19N5.C2H6.CH2O2/c1-10(15)6-19(16)9-13-8-18-7-12(11-2-3-11)4-5-14(18)17-13;1-2;2-1-3/h4-8,11H,2-3,9,15-16H2,1H3;1-2H3;1H,(H,2,3)/b10-6-;;. The molecule has 0 bridgehead atoms. The third-order valence-electron chi connectivity index (χ3n) is 3.29. The Labute approximate surface area is 142 Å². The molecular weight excluding hydrogens is 306 g/mol. The number of fused-ring (bicyclic) bond motifs is 1. The van der Waals surface area contributed by atoms with Gasteiger partial charge in [0.1, 0.15) is 5.65 Å². The second-order valence-corrected chi connectivity index (χ2v) is 5.39. The van der Waals surface area contributed by atoms with Gasteiger partial charge in [0.25, 0.3) is 6.47 Å². The van der Waals surface area contributed by atoms with Gasteiger partial charge in [-0.3, -0.25) is 4.79 Å². The summed E-state index contributed by atoms with van der Waals surface area (Å²) in [7, 11) is 0. The van der Waals surface area contributed by atoms with E-state index < -0.39 is 0 Å². The maximum absolute atomic E-state index is 8.36. The molecule has 5 N–H and O–H groups in total. The van der Waals surface area contributed by atoms with E-state index in [9.17, 15) is 0 Å². The van der Waals surface area contributed by atoms with Crippen LogP contribution in [-0.2, 0) is 11.3 Å². The number of hydrazine groups is 1. The van der Waals surface area contributed by atoms with Gasteiger partial charge in [0.05, 0.1) is 12.2 Å². The van der Waals surface area contributed by atoms with Gasteiger partial charge in [0, 0.05) is 24.3 Å². The summed E-state index contributed by atoms with van der Waals surface area (Å²) in [5, 5.41) is 8.44. The first-order valence-electron chi connectivity index (χ1n) is 8.04. The molecule has 0 atom stereocenters. The van der Waals surface area contributed by atoms with E-state index in [1.165, 1.54) is 18.4 Å². The van der Waals surface area contributed by atoms with Gasteiger partial charge in [0.15, 0.2) is 0 Å². The number of imidazole rings is 1. The highest BCUT2D eigenvalue weighted by Crippen LogP contribution is 2.39. The highest BCUT2D eigenvalue weighted by Gasteiger charge is 2.23. The molecule has 132 valence electrons. The van der Waals surface area contributed by atoms with Crippen LogP contribution in [0.3, 0.4) is 0 Å². The summed E-state index contributed by atoms with van der Waals surface area (Å²) in [6, 6.07) is 4.25. The number of carbonyl (C=O) groups is 1. The molecule has 0 amide bonds. The average Bonchev–Trinajstić information content (AvgIpc) is 3.29. The van der Waals surface area contributed by atoms with E-state index in [1.54, 1.807) is 11.2 Å². The first kappa shape index (κ1) is 19.5. The molecule has 0 saturated heterocycles. The van der Waals surface area contributed by atoms with Crippen LogP contribution in [0.2, 0.25) is 0 Å². The molecule has 24 heavy (non-hydrogen) atoms. The molecule has 2 heterocycles. The maximum Gasteiger partial charge on any atom is 0.290 e. The molecule has 1 saturated carbocycles. The van der Waals surface area contributed by atoms with Gasteiger partial charge in [0.2, 0.25) is 0 Å². The Kier molecular flexibility index (Phi) is 7.77. The van der Waals surface area contributed by atoms with Crippen molar-refractivity contribution in [1.82, 2.24) is 14.4 Å². The van der Waals surface area contributed by atoms with E-state index in [0.717, 1.165) is 17.3 Å². The van der Waals surface area contributed by atoms with Gasteiger partial charge >= 0.3 is 0 Å². The fraction of sp³-hybridized carbons (Fsp3) is 0.412. The normalized spacial score (nSPS) is 13.4. The number of carboxylic acid groups (broad SMARTS) is 1. The summed E-state index contributed by atoms with van der Waals surface area (Å²) in [6.07, 6.45) is 8.53. The van der Waals surface area contributed by atoms with Crippen molar-refractivity contribution >= 4 is 12.1 Å². The summed E-state index contributed by atoms with van der Waals surface area (Å²) in [6.45, 7) is 6.11. The van der Waals surface area contributed by atoms with Gasteiger partial charge in [-0.25, -0.2) is 10.8 Å². The number of hydrogen-bond acceptors (Lipinski definition) is 5. The van der Waals surface area contributed by atoms with Crippen molar-refractivity contribution < 1.29 is 9.90 Å². The van der Waals surface area contributed by atoms with Crippen LogP contribution in [0, 0.1) is 0 Å². The van der Waals surface area contributed by atoms with E-state index in [-0.39, 0.29) is 6.47 Å². The van der Waals surface area contributed by atoms with Crippen LogP contribution in [0.5, 0.6) is 0 Å². The number of allylic oxidation sites excluding steroid dienone is 1. The van der Waals surface area contributed by atoms with E-state index >= 15 is 0 Å². The first-order valence-corrected chi connectivity index (χ1v) is 8.04. The summed E-state index contributed by atoms with van der Waals surface area (Å²) in [5.74, 6) is 6.60. The quantitative estimate of drug-likeness (QED) is 0.450. The Morgan fingerprint density at radius 1 is 1.42 bits per heavy atom. The Morgan fingerprint density at radius 2 is 2.04 bits per heavy atom. The highest BCUT2D eigenvalue weighted by molar-refractivity contribution is 5.42. The third kappa shape index (κ3) is 5.92. The van der Waals surface area contributed by atoms with Crippen molar-refractivity contribution in [1.29, 1.82) is 0 Å². The fourth-order valence-corrected chi connectivity index (χ4v) is 2.29. The molecule has 1 aliphatic carbocycles. The Balaban J connectivity index is 0.000000521. The molecule has 1 fully saturated rings. The van der Waals surface area contributed by atoms with Crippen molar-refractivity contribution in [3.63, 3.8) is 0 Å². The molecular formula is C17H27N5O2. The SMILES string of the molecule is C/C(N)=C/N(N)Cc1cn2cc(C3CC3)ccc2n1.CC.O=CO. The summed E-state index contributed by atoms with van der Waals surface area (Å²) < 4.78 is 2.08. The number of nitrogens with zero attached hydrogens (tertiary/aromatic N) is 3. The van der Waals surface area contributed by atoms with Crippen molar-refractivity contribution in [3.05, 3.63) is 47.7 Å². The lowest BCUT2D eigenvalue weighted by Gasteiger charge is -2.11. The largest absolute Gasteiger partial charge is 0.483 e. The highest BCUT2D eigenvalue weighted by atomic mass is 16.3. The van der Waals surface area contributed by atoms with Crippen LogP contribution in [0.25, 0.3) is 5.65 Å². The number of hydrogen-bond donors (Lipinski definition) is 3. The molecule has 0 radical (unpaired) electrons. The van der Waals surface area contributed by atoms with Crippen molar-refractivity contribution in [2.75, 3.05) is 0 Å². The van der Waals surface area contributed by atoms with E-state index in [1.807, 2.05) is 27.0 Å². The topological polar surface area (TPSA) is 110 Å². The average molecular weight is 333 g/mol. The maximum atomic E-state index is 8.36. The number of rotatable bonds is 4. The molecule has 0 unspecified atom stereocenters. The molecule has 3 rings (SSSR count). The fourth-order valence-electron chi connectivity index (χ4n) is 2.29. The Bertz CT molecular complexity index is 673. The van der Waals surface area contributed by atoms with Crippen LogP contribution in [-0.4, -0.2) is 26.0 Å². The summed E-state index contributed by atoms with van der Waals surface area (Å²) in [5.41, 5.74) is 9.58. The summed E-state index contributed by atoms with van der Waals surface area (Å²) >= 11 is 0. The zero-order valence-corrected chi connectivity index (χ0v) is 14.5. The van der Waals surface area contributed by atoms with E-state index in [0.29, 0.717) is 12.2 Å². The second kappa shape index (κ2) is 9.57. The van der Waals surface area contributed by atoms with Crippen LogP contribution < -0.4 is 11.6 Å². The van der Waals surface area contributed by atoms with Gasteiger partial charge in [-0.05, 0) is 37.3 Å². The van der Waals surface area contributed by atoms with E-state index in [2.05, 4.69) is 27.7 Å². The zero-order valence-electron chi connectivity index (χ0n) is 14.5. The lowest BCUT2D eigenvalue weighted by molar-refractivity contribution is -0.122. The molecule has 7 heteroatoms. The molecule has 2 aromatic heterocycles. The predicted molar refractivity (Wildman–Crippen MR) is 94.9 cm³/mol. The number of nitrogens with two attached hydrogens (primary N) is 2. The predicted octanol–water partition coefficient (Wildman–Crippen LogP) is 2.43.